The first kappa shape index (κ1) is 16.6. The molecule has 0 bridgehead atoms. The zero-order valence-electron chi connectivity index (χ0n) is 15.4. The fourth-order valence-electron chi connectivity index (χ4n) is 3.39. The lowest BCUT2D eigenvalue weighted by Crippen LogP contribution is -2.49. The Morgan fingerprint density at radius 1 is 1.19 bits per heavy atom. The van der Waals surface area contributed by atoms with Crippen LogP contribution in [0.2, 0.25) is 0 Å². The summed E-state index contributed by atoms with van der Waals surface area (Å²) in [5.41, 5.74) is 3.56. The molecule has 1 N–H and O–H groups in total. The van der Waals surface area contributed by atoms with Gasteiger partial charge in [0.1, 0.15) is 11.5 Å². The highest BCUT2D eigenvalue weighted by Gasteiger charge is 2.25. The van der Waals surface area contributed by atoms with E-state index in [9.17, 15) is 4.79 Å². The van der Waals surface area contributed by atoms with Crippen molar-refractivity contribution in [3.8, 4) is 0 Å². The zero-order chi connectivity index (χ0) is 18.3. The van der Waals surface area contributed by atoms with Crippen LogP contribution in [0.25, 0.3) is 5.65 Å². The zero-order valence-corrected chi connectivity index (χ0v) is 15.4. The molecule has 0 aliphatic carbocycles. The van der Waals surface area contributed by atoms with Crippen LogP contribution in [0.1, 0.15) is 41.6 Å². The molecule has 1 amide bonds. The number of rotatable bonds is 3. The molecule has 4 rings (SSSR count). The largest absolute Gasteiger partial charge is 0.357 e. The van der Waals surface area contributed by atoms with E-state index in [2.05, 4.69) is 34.9 Å². The summed E-state index contributed by atoms with van der Waals surface area (Å²) in [6.45, 7) is 9.24. The summed E-state index contributed by atoms with van der Waals surface area (Å²) in [5, 5.41) is 4.61. The summed E-state index contributed by atoms with van der Waals surface area (Å²) in [7, 11) is 0. The molecule has 1 fully saturated rings. The summed E-state index contributed by atoms with van der Waals surface area (Å²) in [4.78, 5) is 24.4. The van der Waals surface area contributed by atoms with E-state index in [4.69, 9.17) is 4.98 Å². The van der Waals surface area contributed by atoms with E-state index < -0.39 is 0 Å². The highest BCUT2D eigenvalue weighted by atomic mass is 16.2. The van der Waals surface area contributed by atoms with Crippen molar-refractivity contribution < 1.29 is 4.79 Å². The number of hydrogen-bond donors (Lipinski definition) is 1. The summed E-state index contributed by atoms with van der Waals surface area (Å²) in [6, 6.07) is 7.82. The summed E-state index contributed by atoms with van der Waals surface area (Å²) in [5.74, 6) is 1.47. The van der Waals surface area contributed by atoms with Crippen molar-refractivity contribution in [3.63, 3.8) is 0 Å². The van der Waals surface area contributed by atoms with E-state index in [-0.39, 0.29) is 5.91 Å². The van der Waals surface area contributed by atoms with Crippen LogP contribution in [-0.4, -0.2) is 56.6 Å². The molecule has 4 heterocycles. The van der Waals surface area contributed by atoms with Gasteiger partial charge in [-0.05, 0) is 25.0 Å². The van der Waals surface area contributed by atoms with Crippen LogP contribution in [0.3, 0.4) is 0 Å². The van der Waals surface area contributed by atoms with E-state index >= 15 is 0 Å². The maximum absolute atomic E-state index is 12.5. The second kappa shape index (κ2) is 6.48. The lowest BCUT2D eigenvalue weighted by atomic mass is 10.1. The third-order valence-electron chi connectivity index (χ3n) is 4.86. The van der Waals surface area contributed by atoms with Gasteiger partial charge in [-0.25, -0.2) is 4.98 Å². The number of aryl methyl sites for hydroxylation is 1. The van der Waals surface area contributed by atoms with Gasteiger partial charge in [0.15, 0.2) is 5.65 Å². The normalized spacial score (nSPS) is 15.2. The number of carbonyl (C=O) groups excluding carboxylic acids is 1. The number of nitrogens with one attached hydrogen (secondary N) is 1. The molecule has 7 heteroatoms. The number of anilines is 1. The summed E-state index contributed by atoms with van der Waals surface area (Å²) < 4.78 is 1.92. The van der Waals surface area contributed by atoms with Gasteiger partial charge in [0, 0.05) is 50.2 Å². The molecule has 0 radical (unpaired) electrons. The second-order valence-corrected chi connectivity index (χ2v) is 7.11. The molecule has 0 aromatic carbocycles. The van der Waals surface area contributed by atoms with Gasteiger partial charge in [0.05, 0.1) is 5.69 Å². The maximum Gasteiger partial charge on any atom is 0.270 e. The third kappa shape index (κ3) is 2.94. The first-order valence-corrected chi connectivity index (χ1v) is 9.08. The number of fused-ring (bicyclic) bond motifs is 1. The lowest BCUT2D eigenvalue weighted by Gasteiger charge is -2.36. The second-order valence-electron chi connectivity index (χ2n) is 7.11. The van der Waals surface area contributed by atoms with Gasteiger partial charge >= 0.3 is 0 Å². The fraction of sp³-hybridized carbons (Fsp3) is 0.421. The Labute approximate surface area is 152 Å². The molecule has 0 spiro atoms. The standard InChI is InChI=1S/C19H24N6O/c1-13(2)16-12-18(25-17(21-16)11-14(3)22-25)23-7-9-24(10-8-23)19(26)15-5-4-6-20-15/h4-6,11-13,20H,7-10H2,1-3H3. The average Bonchev–Trinajstić information content (AvgIpc) is 3.29. The van der Waals surface area contributed by atoms with Crippen LogP contribution >= 0.6 is 0 Å². The monoisotopic (exact) mass is 352 g/mol. The minimum Gasteiger partial charge on any atom is -0.357 e. The predicted octanol–water partition coefficient (Wildman–Crippen LogP) is 2.45. The van der Waals surface area contributed by atoms with E-state index in [1.165, 1.54) is 0 Å². The average molecular weight is 352 g/mol. The molecule has 1 aliphatic heterocycles. The van der Waals surface area contributed by atoms with Gasteiger partial charge in [-0.2, -0.15) is 9.61 Å². The summed E-state index contributed by atoms with van der Waals surface area (Å²) in [6.07, 6.45) is 1.78. The van der Waals surface area contributed by atoms with Gasteiger partial charge < -0.3 is 14.8 Å². The predicted molar refractivity (Wildman–Crippen MR) is 101 cm³/mol. The molecule has 1 saturated heterocycles. The van der Waals surface area contributed by atoms with Crippen molar-refractivity contribution in [2.45, 2.75) is 26.7 Å². The van der Waals surface area contributed by atoms with E-state index in [1.807, 2.05) is 34.5 Å². The van der Waals surface area contributed by atoms with Crippen LogP contribution in [-0.2, 0) is 0 Å². The quantitative estimate of drug-likeness (QED) is 0.786. The number of nitrogens with zero attached hydrogens (tertiary/aromatic N) is 5. The Morgan fingerprint density at radius 2 is 1.96 bits per heavy atom. The molecule has 3 aromatic rings. The first-order valence-electron chi connectivity index (χ1n) is 9.08. The molecular formula is C19H24N6O. The van der Waals surface area contributed by atoms with Crippen LogP contribution < -0.4 is 4.90 Å². The van der Waals surface area contributed by atoms with Gasteiger partial charge in [0.25, 0.3) is 5.91 Å². The van der Waals surface area contributed by atoms with Crippen molar-refractivity contribution >= 4 is 17.4 Å². The number of aromatic nitrogens is 4. The minimum absolute atomic E-state index is 0.0623. The molecule has 0 saturated carbocycles. The maximum atomic E-state index is 12.5. The molecule has 0 atom stereocenters. The van der Waals surface area contributed by atoms with Gasteiger partial charge in [-0.1, -0.05) is 13.8 Å². The smallest absolute Gasteiger partial charge is 0.270 e. The van der Waals surface area contributed by atoms with E-state index in [0.717, 1.165) is 35.9 Å². The number of piperazine rings is 1. The third-order valence-corrected chi connectivity index (χ3v) is 4.86. The van der Waals surface area contributed by atoms with Crippen molar-refractivity contribution in [1.29, 1.82) is 0 Å². The van der Waals surface area contributed by atoms with Crippen LogP contribution in [0.5, 0.6) is 0 Å². The van der Waals surface area contributed by atoms with Gasteiger partial charge in [0.2, 0.25) is 0 Å². The molecule has 26 heavy (non-hydrogen) atoms. The van der Waals surface area contributed by atoms with Crippen LogP contribution in [0, 0.1) is 6.92 Å². The Bertz CT molecular complexity index is 919. The number of H-pyrrole nitrogens is 1. The Balaban J connectivity index is 1.58. The Morgan fingerprint density at radius 3 is 2.62 bits per heavy atom. The highest BCUT2D eigenvalue weighted by molar-refractivity contribution is 5.92. The summed E-state index contributed by atoms with van der Waals surface area (Å²) >= 11 is 0. The number of carbonyl (C=O) groups is 1. The number of aromatic amines is 1. The van der Waals surface area contributed by atoms with Crippen LogP contribution in [0.4, 0.5) is 5.82 Å². The molecule has 7 nitrogen and oxygen atoms in total. The molecule has 3 aromatic heterocycles. The van der Waals surface area contributed by atoms with E-state index in [1.54, 1.807) is 6.20 Å². The Hall–Kier alpha value is -2.83. The topological polar surface area (TPSA) is 69.5 Å². The van der Waals surface area contributed by atoms with Crippen molar-refractivity contribution in [2.24, 2.45) is 0 Å². The number of amides is 1. The van der Waals surface area contributed by atoms with Gasteiger partial charge in [-0.3, -0.25) is 4.79 Å². The first-order chi connectivity index (χ1) is 12.5. The van der Waals surface area contributed by atoms with Gasteiger partial charge in [-0.15, -0.1) is 0 Å². The Kier molecular flexibility index (Phi) is 4.14. The number of hydrogen-bond acceptors (Lipinski definition) is 4. The minimum atomic E-state index is 0.0623. The van der Waals surface area contributed by atoms with Crippen LogP contribution in [0.15, 0.2) is 30.5 Å². The van der Waals surface area contributed by atoms with Crippen molar-refractivity contribution in [1.82, 2.24) is 24.5 Å². The van der Waals surface area contributed by atoms with Crippen molar-refractivity contribution in [3.05, 3.63) is 47.5 Å². The molecule has 1 aliphatic rings. The molecule has 136 valence electrons. The fourth-order valence-corrected chi connectivity index (χ4v) is 3.39. The molecular weight excluding hydrogens is 328 g/mol. The SMILES string of the molecule is Cc1cc2nc(C(C)C)cc(N3CCN(C(=O)c4ccc[nH]4)CC3)n2n1. The highest BCUT2D eigenvalue weighted by Crippen LogP contribution is 2.23. The lowest BCUT2D eigenvalue weighted by molar-refractivity contribution is 0.0741. The molecule has 0 unspecified atom stereocenters. The van der Waals surface area contributed by atoms with Crippen molar-refractivity contribution in [2.75, 3.05) is 31.1 Å². The van der Waals surface area contributed by atoms with E-state index in [0.29, 0.717) is 24.7 Å².